The van der Waals surface area contributed by atoms with Crippen LogP contribution >= 0.6 is 0 Å². The molecule has 0 bridgehead atoms. The van der Waals surface area contributed by atoms with Crippen molar-refractivity contribution in [2.75, 3.05) is 92.5 Å². The summed E-state index contributed by atoms with van der Waals surface area (Å²) >= 11 is 0. The van der Waals surface area contributed by atoms with Crippen molar-refractivity contribution in [1.29, 1.82) is 0 Å². The third kappa shape index (κ3) is 29.3. The van der Waals surface area contributed by atoms with Crippen LogP contribution in [0.1, 0.15) is 147 Å². The van der Waals surface area contributed by atoms with Crippen molar-refractivity contribution >= 4 is 36.1 Å². The highest BCUT2D eigenvalue weighted by atomic mass is 16.6. The number of ketones is 2. The molecule has 0 aliphatic carbocycles. The number of aldehydes is 2. The van der Waals surface area contributed by atoms with E-state index < -0.39 is 41.0 Å². The summed E-state index contributed by atoms with van der Waals surface area (Å²) in [7, 11) is 0. The van der Waals surface area contributed by atoms with Crippen LogP contribution in [0.2, 0.25) is 0 Å². The molecule has 0 amide bonds. The first kappa shape index (κ1) is 61.4. The third-order valence-corrected chi connectivity index (χ3v) is 11.8. The summed E-state index contributed by atoms with van der Waals surface area (Å²) in [6, 6.07) is 0. The van der Waals surface area contributed by atoms with Gasteiger partial charge in [-0.15, -0.1) is 0 Å². The van der Waals surface area contributed by atoms with Crippen LogP contribution < -0.4 is 0 Å². The monoisotopic (exact) mass is 941 g/mol. The molecular weight excluding hydrogens is 849 g/mol. The second-order valence-corrected chi connectivity index (χ2v) is 22.6. The van der Waals surface area contributed by atoms with E-state index in [0.29, 0.717) is 117 Å². The fourth-order valence-corrected chi connectivity index (χ4v) is 8.37. The second-order valence-electron chi connectivity index (χ2n) is 22.6. The number of carbonyl (C=O) groups excluding carboxylic acids is 6. The Morgan fingerprint density at radius 2 is 0.742 bits per heavy atom. The highest BCUT2D eigenvalue weighted by Gasteiger charge is 2.38. The molecule has 0 radical (unpaired) electrons. The molecule has 1 fully saturated rings. The molecule has 0 aromatic carbocycles. The second kappa shape index (κ2) is 32.2. The Bertz CT molecular complexity index is 1280. The summed E-state index contributed by atoms with van der Waals surface area (Å²) in [5.74, 6) is -3.37. The summed E-state index contributed by atoms with van der Waals surface area (Å²) in [5.41, 5.74) is -1.19. The predicted molar refractivity (Wildman–Crippen MR) is 254 cm³/mol. The molecule has 14 heteroatoms. The fourth-order valence-electron chi connectivity index (χ4n) is 8.37. The van der Waals surface area contributed by atoms with Gasteiger partial charge in [0.2, 0.25) is 0 Å². The Kier molecular flexibility index (Phi) is 30.0. The van der Waals surface area contributed by atoms with E-state index >= 15 is 0 Å². The zero-order valence-corrected chi connectivity index (χ0v) is 43.3. The summed E-state index contributed by atoms with van der Waals surface area (Å²) in [4.78, 5) is 78.8. The van der Waals surface area contributed by atoms with E-state index in [-0.39, 0.29) is 78.9 Å². The van der Waals surface area contributed by atoms with Crippen LogP contribution in [0.3, 0.4) is 0 Å². The lowest BCUT2D eigenvalue weighted by Crippen LogP contribution is -2.34. The molecule has 1 aliphatic rings. The lowest BCUT2D eigenvalue weighted by molar-refractivity contribution is -0.155. The largest absolute Gasteiger partial charge is 0.463 e. The normalized spacial score (nSPS) is 26.9. The van der Waals surface area contributed by atoms with Crippen LogP contribution in [0, 0.1) is 57.2 Å². The van der Waals surface area contributed by atoms with Crippen LogP contribution in [0.15, 0.2) is 0 Å². The number of rotatable bonds is 4. The summed E-state index contributed by atoms with van der Waals surface area (Å²) in [5, 5.41) is 0. The first-order valence-electron chi connectivity index (χ1n) is 24.6. The van der Waals surface area contributed by atoms with Crippen molar-refractivity contribution in [3.63, 3.8) is 0 Å². The molecule has 1 rings (SSSR count). The maximum atomic E-state index is 13.6. The Morgan fingerprint density at radius 3 is 1.14 bits per heavy atom. The van der Waals surface area contributed by atoms with Crippen molar-refractivity contribution < 1.29 is 66.7 Å². The summed E-state index contributed by atoms with van der Waals surface area (Å²) in [6.45, 7) is 28.2. The smallest absolute Gasteiger partial charge is 0.309 e. The zero-order chi connectivity index (χ0) is 49.8. The fraction of sp³-hybridized carbons (Fsp3) is 0.885. The Balaban J connectivity index is 2.98. The average molecular weight is 941 g/mol. The topological polar surface area (TPSA) is 176 Å². The molecule has 0 N–H and O–H groups in total. The van der Waals surface area contributed by atoms with Gasteiger partial charge in [0.05, 0.1) is 77.9 Å². The molecular formula is C52H92O14. The van der Waals surface area contributed by atoms with E-state index in [1.54, 1.807) is 0 Å². The van der Waals surface area contributed by atoms with Gasteiger partial charge in [0.15, 0.2) is 0 Å². The van der Waals surface area contributed by atoms with E-state index in [0.717, 1.165) is 12.6 Å². The van der Waals surface area contributed by atoms with Crippen LogP contribution in [0.25, 0.3) is 0 Å². The molecule has 0 aromatic heterocycles. The van der Waals surface area contributed by atoms with Gasteiger partial charge in [-0.05, 0) is 73.0 Å². The van der Waals surface area contributed by atoms with Crippen molar-refractivity contribution in [3.8, 4) is 0 Å². The average Bonchev–Trinajstić information content (AvgIpc) is 3.20. The van der Waals surface area contributed by atoms with E-state index in [4.69, 9.17) is 37.9 Å². The zero-order valence-electron chi connectivity index (χ0n) is 43.3. The van der Waals surface area contributed by atoms with E-state index in [1.807, 2.05) is 62.3 Å². The predicted octanol–water partition coefficient (Wildman–Crippen LogP) is 8.50. The van der Waals surface area contributed by atoms with Gasteiger partial charge in [-0.1, -0.05) is 83.1 Å². The number of Topliss-reactive ketones (excluding diaryl/α,β-unsaturated/α-hetero) is 2. The van der Waals surface area contributed by atoms with Crippen molar-refractivity contribution in [2.24, 2.45) is 57.2 Å². The number of cyclic esters (lactones) is 2. The minimum atomic E-state index is -0.588. The molecule has 384 valence electrons. The van der Waals surface area contributed by atoms with Crippen molar-refractivity contribution in [3.05, 3.63) is 0 Å². The Morgan fingerprint density at radius 1 is 0.409 bits per heavy atom. The number of hydrogen-bond donors (Lipinski definition) is 0. The number of esters is 2. The van der Waals surface area contributed by atoms with E-state index in [2.05, 4.69) is 20.8 Å². The van der Waals surface area contributed by atoms with Crippen LogP contribution in [0.4, 0.5) is 0 Å². The molecule has 1 aliphatic heterocycles. The Hall–Kier alpha value is -2.62. The maximum Gasteiger partial charge on any atom is 0.309 e. The lowest BCUT2D eigenvalue weighted by atomic mass is 9.70. The van der Waals surface area contributed by atoms with Crippen molar-refractivity contribution in [1.82, 2.24) is 0 Å². The third-order valence-electron chi connectivity index (χ3n) is 11.8. The summed E-state index contributed by atoms with van der Waals surface area (Å²) < 4.78 is 45.2. The van der Waals surface area contributed by atoms with Crippen LogP contribution in [-0.2, 0) is 66.7 Å². The van der Waals surface area contributed by atoms with Crippen LogP contribution in [0.5, 0.6) is 0 Å². The number of ether oxygens (including phenoxy) is 8. The highest BCUT2D eigenvalue weighted by molar-refractivity contribution is 5.83. The maximum absolute atomic E-state index is 13.6. The van der Waals surface area contributed by atoms with Gasteiger partial charge in [-0.3, -0.25) is 19.2 Å². The standard InChI is InChI=1S/C52H92O14/c1-49(2,3)35-41-31-39(37-53)33-43(51(7,8)9)46(56)16-14-18-60-20-22-62-24-26-64-28-30-66-48(58)44(52(10,11)12)34-40(38-54)32-42(36-50(4,5)6)47(57)65-29-27-63-25-23-61-21-19-59-17-13-15-45(41)55/h37-44H,13-36H2,1-12H3. The summed E-state index contributed by atoms with van der Waals surface area (Å²) in [6.07, 6.45) is 5.98. The lowest BCUT2D eigenvalue weighted by Gasteiger charge is -2.33. The first-order valence-corrected chi connectivity index (χ1v) is 24.6. The molecule has 6 atom stereocenters. The SMILES string of the molecule is CC(C)(C)CC1CC(C=O)CC(C(C)(C)C)C(=O)CCCOCCOCCOCCOC(=O)C(C(C)(C)C)CC(C=O)CC(CC(C)(C)C)C(=O)OCCOCCOCCOCCCC1=O. The van der Waals surface area contributed by atoms with E-state index in [1.165, 1.54) is 0 Å². The van der Waals surface area contributed by atoms with Gasteiger partial charge in [-0.25, -0.2) is 0 Å². The Labute approximate surface area is 398 Å². The highest BCUT2D eigenvalue weighted by Crippen LogP contribution is 2.38. The van der Waals surface area contributed by atoms with E-state index in [9.17, 15) is 28.8 Å². The van der Waals surface area contributed by atoms with Gasteiger partial charge >= 0.3 is 11.9 Å². The molecule has 6 unspecified atom stereocenters. The van der Waals surface area contributed by atoms with Gasteiger partial charge in [0, 0.05) is 49.7 Å². The molecule has 66 heavy (non-hydrogen) atoms. The molecule has 1 saturated heterocycles. The molecule has 0 spiro atoms. The molecule has 0 saturated carbocycles. The number of carbonyl (C=O) groups is 6. The van der Waals surface area contributed by atoms with Gasteiger partial charge in [0.25, 0.3) is 0 Å². The quantitative estimate of drug-likeness (QED) is 0.194. The van der Waals surface area contributed by atoms with Gasteiger partial charge in [0.1, 0.15) is 37.4 Å². The van der Waals surface area contributed by atoms with Crippen LogP contribution in [-0.4, -0.2) is 129 Å². The van der Waals surface area contributed by atoms with Crippen molar-refractivity contribution in [2.45, 2.75) is 147 Å². The van der Waals surface area contributed by atoms with Gasteiger partial charge < -0.3 is 47.5 Å². The number of hydrogen-bond acceptors (Lipinski definition) is 14. The van der Waals surface area contributed by atoms with Gasteiger partial charge in [-0.2, -0.15) is 0 Å². The minimum Gasteiger partial charge on any atom is -0.463 e. The molecule has 1 heterocycles. The molecule has 14 nitrogen and oxygen atoms in total. The minimum absolute atomic E-state index is 0.0455. The molecule has 0 aromatic rings. The first-order chi connectivity index (χ1) is 30.9.